The van der Waals surface area contributed by atoms with E-state index in [1.807, 2.05) is 11.3 Å². The fourth-order valence-electron chi connectivity index (χ4n) is 4.75. The summed E-state index contributed by atoms with van der Waals surface area (Å²) in [4.78, 5) is 1.34. The average molecular weight is 405 g/mol. The molecular weight excluding hydrogens is 378 g/mol. The van der Waals surface area contributed by atoms with E-state index in [4.69, 9.17) is 4.74 Å². The molecule has 28 heavy (non-hydrogen) atoms. The van der Waals surface area contributed by atoms with Crippen molar-refractivity contribution in [3.05, 3.63) is 46.3 Å². The second kappa shape index (κ2) is 5.68. The summed E-state index contributed by atoms with van der Waals surface area (Å²) in [5, 5.41) is 7.56. The Morgan fingerprint density at radius 2 is 1.79 bits per heavy atom. The first-order valence-corrected chi connectivity index (χ1v) is 14.2. The number of pyridine rings is 1. The molecule has 0 amide bonds. The highest BCUT2D eigenvalue weighted by Gasteiger charge is 2.38. The van der Waals surface area contributed by atoms with Crippen molar-refractivity contribution >= 4 is 45.6 Å². The second-order valence-electron chi connectivity index (χ2n) is 9.16. The molecule has 2 aromatic heterocycles. The number of thiophene rings is 1. The van der Waals surface area contributed by atoms with Crippen molar-refractivity contribution < 1.29 is 9.30 Å². The monoisotopic (exact) mass is 404 g/mol. The highest BCUT2D eigenvalue weighted by molar-refractivity contribution is 7.16. The molecule has 0 saturated heterocycles. The summed E-state index contributed by atoms with van der Waals surface area (Å²) >= 11 is 1.83. The fourth-order valence-corrected chi connectivity index (χ4v) is 7.58. The molecule has 2 aromatic carbocycles. The Balaban J connectivity index is 2.07. The van der Waals surface area contributed by atoms with E-state index in [-0.39, 0.29) is 0 Å². The predicted octanol–water partition coefficient (Wildman–Crippen LogP) is 6.12. The summed E-state index contributed by atoms with van der Waals surface area (Å²) in [6, 6.07) is 9.07. The van der Waals surface area contributed by atoms with Gasteiger partial charge in [-0.05, 0) is 60.4 Å². The van der Waals surface area contributed by atoms with Gasteiger partial charge in [0.1, 0.15) is 12.8 Å². The SMILES string of the molecule is Cc1cc2c3c(c(C)c(C)cc3c1)-c1c(c([Si](C)(C)C)c3ccsc3[n+]1C)O2. The molecule has 0 fully saturated rings. The number of benzene rings is 2. The zero-order valence-corrected chi connectivity index (χ0v) is 19.5. The number of rotatable bonds is 1. The lowest BCUT2D eigenvalue weighted by Crippen LogP contribution is -2.44. The zero-order valence-electron chi connectivity index (χ0n) is 17.7. The summed E-state index contributed by atoms with van der Waals surface area (Å²) < 4.78 is 9.12. The Bertz CT molecular complexity index is 1310. The van der Waals surface area contributed by atoms with E-state index in [2.05, 4.69) is 81.7 Å². The minimum Gasteiger partial charge on any atom is -0.450 e. The molecule has 2 nitrogen and oxygen atoms in total. The first-order valence-electron chi connectivity index (χ1n) is 9.85. The van der Waals surface area contributed by atoms with Gasteiger partial charge in [0.25, 0.3) is 10.5 Å². The predicted molar refractivity (Wildman–Crippen MR) is 123 cm³/mol. The summed E-state index contributed by atoms with van der Waals surface area (Å²) in [6.07, 6.45) is 0. The maximum Gasteiger partial charge on any atom is 0.269 e. The Hall–Kier alpha value is -2.17. The molecule has 5 rings (SSSR count). The standard InChI is InChI=1S/C24H26NOSSi/c1-13-10-16-12-14(2)15(3)19-20(16)18(11-13)26-22-21(19)25(4)24-17(8-9-27-24)23(22)28(5,6)7/h8-12H,1-7H3/q+1. The molecule has 0 atom stereocenters. The first-order chi connectivity index (χ1) is 13.2. The largest absolute Gasteiger partial charge is 0.450 e. The Morgan fingerprint density at radius 3 is 2.50 bits per heavy atom. The third-order valence-corrected chi connectivity index (χ3v) is 9.05. The van der Waals surface area contributed by atoms with E-state index >= 15 is 0 Å². The van der Waals surface area contributed by atoms with E-state index < -0.39 is 8.07 Å². The van der Waals surface area contributed by atoms with Gasteiger partial charge in [0.15, 0.2) is 5.75 Å². The van der Waals surface area contributed by atoms with Gasteiger partial charge < -0.3 is 4.74 Å². The number of aromatic nitrogens is 1. The lowest BCUT2D eigenvalue weighted by atomic mass is 9.90. The smallest absolute Gasteiger partial charge is 0.269 e. The average Bonchev–Trinajstić information content (AvgIpc) is 3.06. The summed E-state index contributed by atoms with van der Waals surface area (Å²) in [7, 11) is 0.552. The molecule has 4 heteroatoms. The number of hydrogen-bond acceptors (Lipinski definition) is 2. The van der Waals surface area contributed by atoms with Crippen LogP contribution in [0.15, 0.2) is 29.6 Å². The van der Waals surface area contributed by atoms with Crippen molar-refractivity contribution in [1.82, 2.24) is 0 Å². The van der Waals surface area contributed by atoms with E-state index in [1.165, 1.54) is 54.1 Å². The number of nitrogens with zero attached hydrogens (tertiary/aromatic N) is 1. The van der Waals surface area contributed by atoms with Crippen LogP contribution in [0.1, 0.15) is 16.7 Å². The Morgan fingerprint density at radius 1 is 1.04 bits per heavy atom. The lowest BCUT2D eigenvalue weighted by molar-refractivity contribution is -0.631. The van der Waals surface area contributed by atoms with Gasteiger partial charge in [0.2, 0.25) is 0 Å². The van der Waals surface area contributed by atoms with E-state index in [9.17, 15) is 0 Å². The van der Waals surface area contributed by atoms with Crippen molar-refractivity contribution in [1.29, 1.82) is 0 Å². The fraction of sp³-hybridized carbons (Fsp3) is 0.292. The van der Waals surface area contributed by atoms with Gasteiger partial charge in [-0.15, -0.1) is 0 Å². The van der Waals surface area contributed by atoms with Gasteiger partial charge >= 0.3 is 0 Å². The molecule has 0 radical (unpaired) electrons. The van der Waals surface area contributed by atoms with Crippen LogP contribution in [-0.2, 0) is 7.05 Å². The van der Waals surface area contributed by atoms with Gasteiger partial charge in [-0.25, -0.2) is 0 Å². The molecule has 3 heterocycles. The quantitative estimate of drug-likeness (QED) is 0.242. The van der Waals surface area contributed by atoms with Crippen molar-refractivity contribution in [2.24, 2.45) is 7.05 Å². The van der Waals surface area contributed by atoms with E-state index in [0.717, 1.165) is 11.5 Å². The summed E-state index contributed by atoms with van der Waals surface area (Å²) in [6.45, 7) is 13.9. The van der Waals surface area contributed by atoms with Gasteiger partial charge in [-0.2, -0.15) is 4.57 Å². The van der Waals surface area contributed by atoms with Crippen LogP contribution in [0, 0.1) is 20.8 Å². The molecule has 0 aliphatic carbocycles. The van der Waals surface area contributed by atoms with Gasteiger partial charge in [-0.1, -0.05) is 43.1 Å². The molecule has 4 aromatic rings. The second-order valence-corrected chi connectivity index (χ2v) is 15.1. The number of fused-ring (bicyclic) bond motifs is 3. The van der Waals surface area contributed by atoms with Crippen LogP contribution >= 0.6 is 11.3 Å². The highest BCUT2D eigenvalue weighted by Crippen LogP contribution is 2.48. The summed E-state index contributed by atoms with van der Waals surface area (Å²) in [5.74, 6) is 2.09. The van der Waals surface area contributed by atoms with E-state index in [0.29, 0.717) is 0 Å². The minimum absolute atomic E-state index is 1.01. The third kappa shape index (κ3) is 2.28. The van der Waals surface area contributed by atoms with Gasteiger partial charge in [0, 0.05) is 10.6 Å². The van der Waals surface area contributed by atoms with E-state index in [1.54, 1.807) is 0 Å². The number of aryl methyl sites for hydroxylation is 3. The molecule has 142 valence electrons. The maximum atomic E-state index is 6.76. The van der Waals surface area contributed by atoms with Crippen LogP contribution in [0.3, 0.4) is 0 Å². The van der Waals surface area contributed by atoms with Crippen LogP contribution in [-0.4, -0.2) is 8.07 Å². The molecule has 0 spiro atoms. The number of ether oxygens (including phenoxy) is 1. The Kier molecular flexibility index (Phi) is 3.63. The van der Waals surface area contributed by atoms with Crippen molar-refractivity contribution in [3.8, 4) is 22.8 Å². The topological polar surface area (TPSA) is 13.1 Å². The third-order valence-electron chi connectivity index (χ3n) is 6.06. The van der Waals surface area contributed by atoms with Crippen LogP contribution in [0.5, 0.6) is 11.5 Å². The van der Waals surface area contributed by atoms with Crippen LogP contribution in [0.2, 0.25) is 19.6 Å². The minimum atomic E-state index is -1.64. The Labute approximate surface area is 171 Å². The molecule has 1 aliphatic heterocycles. The van der Waals surface area contributed by atoms with Crippen LogP contribution in [0.25, 0.3) is 32.2 Å². The number of hydrogen-bond donors (Lipinski definition) is 0. The maximum absolute atomic E-state index is 6.76. The molecule has 0 bridgehead atoms. The van der Waals surface area contributed by atoms with Gasteiger partial charge in [-0.3, -0.25) is 0 Å². The van der Waals surface area contributed by atoms with Crippen LogP contribution < -0.4 is 14.5 Å². The lowest BCUT2D eigenvalue weighted by Gasteiger charge is -2.28. The first kappa shape index (κ1) is 17.9. The van der Waals surface area contributed by atoms with Gasteiger partial charge in [0.05, 0.1) is 19.0 Å². The summed E-state index contributed by atoms with van der Waals surface area (Å²) in [5.41, 5.74) is 6.54. The van der Waals surface area contributed by atoms with Crippen molar-refractivity contribution in [2.45, 2.75) is 40.4 Å². The normalized spacial score (nSPS) is 13.1. The molecule has 0 unspecified atom stereocenters. The molecule has 0 N–H and O–H groups in total. The van der Waals surface area contributed by atoms with Crippen LogP contribution in [0.4, 0.5) is 0 Å². The molecule has 1 aliphatic rings. The van der Waals surface area contributed by atoms with Crippen molar-refractivity contribution in [3.63, 3.8) is 0 Å². The molecule has 0 saturated carbocycles. The highest BCUT2D eigenvalue weighted by atomic mass is 32.1. The van der Waals surface area contributed by atoms with Crippen molar-refractivity contribution in [2.75, 3.05) is 0 Å². The molecular formula is C24H26NOSSi+. The zero-order chi connectivity index (χ0) is 20.0.